The Kier molecular flexibility index (Phi) is 6.04. The molecule has 0 aromatic heterocycles. The van der Waals surface area contributed by atoms with Gasteiger partial charge in [0.05, 0.1) is 17.1 Å². The number of amides is 1. The summed E-state index contributed by atoms with van der Waals surface area (Å²) in [5.41, 5.74) is 1.59. The molecule has 136 valence electrons. The number of benzene rings is 2. The largest absolute Gasteiger partial charge is 0.322 e. The van der Waals surface area contributed by atoms with Gasteiger partial charge in [0.15, 0.2) is 5.78 Å². The van der Waals surface area contributed by atoms with Crippen molar-refractivity contribution in [1.29, 1.82) is 0 Å². The van der Waals surface area contributed by atoms with E-state index in [-0.39, 0.29) is 11.7 Å². The van der Waals surface area contributed by atoms with Gasteiger partial charge in [-0.05, 0) is 31.3 Å². The number of nitrogens with zero attached hydrogens (tertiary/aromatic N) is 2. The third-order valence-electron chi connectivity index (χ3n) is 4.52. The van der Waals surface area contributed by atoms with Crippen LogP contribution in [0.3, 0.4) is 0 Å². The molecule has 0 spiro atoms. The molecule has 1 N–H and O–H groups in total. The lowest BCUT2D eigenvalue weighted by Gasteiger charge is -2.31. The predicted molar refractivity (Wildman–Crippen MR) is 104 cm³/mol. The van der Waals surface area contributed by atoms with E-state index >= 15 is 0 Å². The number of rotatable bonds is 5. The molecule has 1 aliphatic rings. The molecule has 6 heteroatoms. The molecule has 0 atom stereocenters. The highest BCUT2D eigenvalue weighted by Gasteiger charge is 2.18. The number of likely N-dealkylation sites (N-methyl/N-ethyl adjacent to an activating group) is 1. The molecule has 26 heavy (non-hydrogen) atoms. The summed E-state index contributed by atoms with van der Waals surface area (Å²) < 4.78 is 0. The molecule has 5 nitrogen and oxygen atoms in total. The zero-order valence-corrected chi connectivity index (χ0v) is 15.5. The van der Waals surface area contributed by atoms with Crippen LogP contribution >= 0.6 is 11.6 Å². The van der Waals surface area contributed by atoms with E-state index in [1.165, 1.54) is 0 Å². The first-order valence-corrected chi connectivity index (χ1v) is 9.01. The van der Waals surface area contributed by atoms with Crippen molar-refractivity contribution in [2.45, 2.75) is 0 Å². The molecule has 0 radical (unpaired) electrons. The summed E-state index contributed by atoms with van der Waals surface area (Å²) in [5.74, 6) is -0.234. The smallest absolute Gasteiger partial charge is 0.257 e. The summed E-state index contributed by atoms with van der Waals surface area (Å²) in [4.78, 5) is 29.4. The number of hydrogen-bond acceptors (Lipinski definition) is 4. The number of hydrogen-bond donors (Lipinski definition) is 1. The van der Waals surface area contributed by atoms with Crippen molar-refractivity contribution in [3.8, 4) is 0 Å². The van der Waals surface area contributed by atoms with Gasteiger partial charge >= 0.3 is 0 Å². The minimum atomic E-state index is -0.292. The number of carbonyl (C=O) groups is 2. The minimum absolute atomic E-state index is 0.0587. The van der Waals surface area contributed by atoms with E-state index in [0.717, 1.165) is 26.2 Å². The maximum Gasteiger partial charge on any atom is 0.257 e. The van der Waals surface area contributed by atoms with Crippen LogP contribution in [0.15, 0.2) is 48.5 Å². The normalized spacial score (nSPS) is 15.6. The summed E-state index contributed by atoms with van der Waals surface area (Å²) in [6, 6.07) is 13.9. The third kappa shape index (κ3) is 4.69. The van der Waals surface area contributed by atoms with Crippen LogP contribution in [0.4, 0.5) is 5.69 Å². The van der Waals surface area contributed by atoms with Crippen LogP contribution in [0.2, 0.25) is 5.02 Å². The molecule has 1 fully saturated rings. The van der Waals surface area contributed by atoms with Gasteiger partial charge < -0.3 is 10.2 Å². The molecule has 1 amide bonds. The Morgan fingerprint density at radius 1 is 1.04 bits per heavy atom. The number of piperazine rings is 1. The van der Waals surface area contributed by atoms with Crippen LogP contribution in [-0.2, 0) is 0 Å². The molecule has 2 aromatic rings. The van der Waals surface area contributed by atoms with Crippen molar-refractivity contribution in [3.05, 3.63) is 64.7 Å². The lowest BCUT2D eigenvalue weighted by atomic mass is 10.1. The fraction of sp³-hybridized carbons (Fsp3) is 0.300. The Morgan fingerprint density at radius 2 is 1.77 bits per heavy atom. The first kappa shape index (κ1) is 18.6. The van der Waals surface area contributed by atoms with Gasteiger partial charge in [-0.2, -0.15) is 0 Å². The van der Waals surface area contributed by atoms with Crippen molar-refractivity contribution in [1.82, 2.24) is 9.80 Å². The number of carbonyl (C=O) groups excluding carboxylic acids is 2. The van der Waals surface area contributed by atoms with Crippen LogP contribution in [0.1, 0.15) is 20.7 Å². The van der Waals surface area contributed by atoms with Gasteiger partial charge in [0.1, 0.15) is 0 Å². The average molecular weight is 372 g/mol. The van der Waals surface area contributed by atoms with Gasteiger partial charge in [-0.1, -0.05) is 35.9 Å². The second-order valence-electron chi connectivity index (χ2n) is 6.52. The van der Waals surface area contributed by atoms with Crippen LogP contribution in [0, 0.1) is 0 Å². The van der Waals surface area contributed by atoms with Gasteiger partial charge in [0, 0.05) is 37.4 Å². The number of anilines is 1. The van der Waals surface area contributed by atoms with E-state index < -0.39 is 0 Å². The second kappa shape index (κ2) is 8.45. The van der Waals surface area contributed by atoms with Crippen molar-refractivity contribution < 1.29 is 9.59 Å². The number of ketones is 1. The van der Waals surface area contributed by atoms with E-state index in [2.05, 4.69) is 22.2 Å². The van der Waals surface area contributed by atoms with Crippen molar-refractivity contribution >= 4 is 29.0 Å². The third-order valence-corrected chi connectivity index (χ3v) is 4.85. The first-order chi connectivity index (χ1) is 12.5. The molecule has 0 unspecified atom stereocenters. The van der Waals surface area contributed by atoms with Crippen molar-refractivity contribution in [2.75, 3.05) is 45.1 Å². The topological polar surface area (TPSA) is 52.6 Å². The molecule has 1 heterocycles. The van der Waals surface area contributed by atoms with Gasteiger partial charge in [-0.3, -0.25) is 14.5 Å². The van der Waals surface area contributed by atoms with Crippen LogP contribution < -0.4 is 5.32 Å². The molecule has 1 aliphatic heterocycles. The highest BCUT2D eigenvalue weighted by atomic mass is 35.5. The maximum absolute atomic E-state index is 12.6. The number of Topliss-reactive ketones (excluding diaryl/α,β-unsaturated/α-hetero) is 1. The average Bonchev–Trinajstić information content (AvgIpc) is 2.64. The van der Waals surface area contributed by atoms with Crippen LogP contribution in [0.25, 0.3) is 0 Å². The number of halogens is 1. The van der Waals surface area contributed by atoms with E-state index in [1.807, 2.05) is 0 Å². The SMILES string of the molecule is CN1CCN(CC(=O)c2cccc(NC(=O)c3ccccc3Cl)c2)CC1. The van der Waals surface area contributed by atoms with Gasteiger partial charge in [0.2, 0.25) is 0 Å². The first-order valence-electron chi connectivity index (χ1n) is 8.63. The Balaban J connectivity index is 1.65. The van der Waals surface area contributed by atoms with Crippen molar-refractivity contribution in [3.63, 3.8) is 0 Å². The lowest BCUT2D eigenvalue weighted by molar-refractivity contribution is 0.0876. The summed E-state index contributed by atoms with van der Waals surface area (Å²) in [7, 11) is 2.09. The summed E-state index contributed by atoms with van der Waals surface area (Å²) >= 11 is 6.06. The van der Waals surface area contributed by atoms with Gasteiger partial charge in [-0.25, -0.2) is 0 Å². The van der Waals surface area contributed by atoms with Gasteiger partial charge in [-0.15, -0.1) is 0 Å². The van der Waals surface area contributed by atoms with Crippen molar-refractivity contribution in [2.24, 2.45) is 0 Å². The quantitative estimate of drug-likeness (QED) is 0.821. The molecule has 0 saturated carbocycles. The zero-order chi connectivity index (χ0) is 18.5. The Bertz CT molecular complexity index is 801. The molecule has 2 aromatic carbocycles. The minimum Gasteiger partial charge on any atom is -0.322 e. The van der Waals surface area contributed by atoms with Crippen LogP contribution in [0.5, 0.6) is 0 Å². The van der Waals surface area contributed by atoms with E-state index in [9.17, 15) is 9.59 Å². The monoisotopic (exact) mass is 371 g/mol. The highest BCUT2D eigenvalue weighted by molar-refractivity contribution is 6.34. The number of nitrogens with one attached hydrogen (secondary N) is 1. The lowest BCUT2D eigenvalue weighted by Crippen LogP contribution is -2.46. The Labute approximate surface area is 158 Å². The Hall–Kier alpha value is -2.21. The predicted octanol–water partition coefficient (Wildman–Crippen LogP) is 3.02. The molecular weight excluding hydrogens is 350 g/mol. The fourth-order valence-corrected chi connectivity index (χ4v) is 3.14. The highest BCUT2D eigenvalue weighted by Crippen LogP contribution is 2.18. The van der Waals surface area contributed by atoms with Crippen LogP contribution in [-0.4, -0.2) is 61.3 Å². The molecule has 0 aliphatic carbocycles. The fourth-order valence-electron chi connectivity index (χ4n) is 2.91. The zero-order valence-electron chi connectivity index (χ0n) is 14.7. The Morgan fingerprint density at radius 3 is 2.50 bits per heavy atom. The van der Waals surface area contributed by atoms with E-state index in [0.29, 0.717) is 28.4 Å². The molecule has 0 bridgehead atoms. The summed E-state index contributed by atoms with van der Waals surface area (Å²) in [5, 5.41) is 3.20. The second-order valence-corrected chi connectivity index (χ2v) is 6.92. The molecular formula is C20H22ClN3O2. The van der Waals surface area contributed by atoms with E-state index in [4.69, 9.17) is 11.6 Å². The summed E-state index contributed by atoms with van der Waals surface area (Å²) in [6.45, 7) is 4.13. The van der Waals surface area contributed by atoms with Gasteiger partial charge in [0.25, 0.3) is 5.91 Å². The molecule has 1 saturated heterocycles. The standard InChI is InChI=1S/C20H22ClN3O2/c1-23-9-11-24(12-10-23)14-19(25)15-5-4-6-16(13-15)22-20(26)17-7-2-3-8-18(17)21/h2-8,13H,9-12,14H2,1H3,(H,22,26). The maximum atomic E-state index is 12.6. The van der Waals surface area contributed by atoms with E-state index in [1.54, 1.807) is 48.5 Å². The summed E-state index contributed by atoms with van der Waals surface area (Å²) in [6.07, 6.45) is 0. The molecule has 3 rings (SSSR count).